The fourth-order valence-electron chi connectivity index (χ4n) is 5.57. The number of rotatable bonds is 5. The Morgan fingerprint density at radius 1 is 1.14 bits per heavy atom. The average molecular weight is 474 g/mol. The van der Waals surface area contributed by atoms with Crippen LogP contribution in [-0.2, 0) is 14.3 Å². The summed E-state index contributed by atoms with van der Waals surface area (Å²) < 4.78 is 5.69. The summed E-state index contributed by atoms with van der Waals surface area (Å²) in [5.74, 6) is 0.0759. The molecule has 1 aliphatic carbocycles. The third-order valence-corrected chi connectivity index (χ3v) is 7.26. The van der Waals surface area contributed by atoms with Crippen molar-refractivity contribution < 1.29 is 14.3 Å². The Morgan fingerprint density at radius 3 is 2.66 bits per heavy atom. The van der Waals surface area contributed by atoms with E-state index in [0.29, 0.717) is 13.0 Å². The maximum Gasteiger partial charge on any atom is 0.239 e. The second-order valence-corrected chi connectivity index (χ2v) is 10.9. The van der Waals surface area contributed by atoms with Gasteiger partial charge in [0.05, 0.1) is 30.1 Å². The van der Waals surface area contributed by atoms with Crippen molar-refractivity contribution in [3.63, 3.8) is 0 Å². The molecular weight excluding hydrogens is 438 g/mol. The standard InChI is InChI=1S/C29H35N3O3/c1-19-10-12-20(13-11-19)28-27-23(15-29(2,3)16-25(27)33)31-22-8-4-5-9-24(22)32(28)18-26(34)30-17-21-7-6-14-35-21/h4-5,8-13,21,28,31H,6-7,14-18H2,1-3H3,(H,30,34). The van der Waals surface area contributed by atoms with Gasteiger partial charge < -0.3 is 20.3 Å². The number of nitrogens with one attached hydrogen (secondary N) is 2. The van der Waals surface area contributed by atoms with Crippen LogP contribution in [0, 0.1) is 12.3 Å². The highest BCUT2D eigenvalue weighted by atomic mass is 16.5. The predicted octanol–water partition coefficient (Wildman–Crippen LogP) is 4.91. The molecule has 6 heteroatoms. The van der Waals surface area contributed by atoms with Crippen LogP contribution in [0.15, 0.2) is 59.8 Å². The van der Waals surface area contributed by atoms with E-state index in [4.69, 9.17) is 4.74 Å². The van der Waals surface area contributed by atoms with Crippen molar-refractivity contribution in [3.05, 3.63) is 70.9 Å². The number of carbonyl (C=O) groups excluding carboxylic acids is 2. The van der Waals surface area contributed by atoms with E-state index in [0.717, 1.165) is 59.6 Å². The molecule has 2 N–H and O–H groups in total. The summed E-state index contributed by atoms with van der Waals surface area (Å²) in [5, 5.41) is 6.68. The maximum absolute atomic E-state index is 13.7. The summed E-state index contributed by atoms with van der Waals surface area (Å²) >= 11 is 0. The monoisotopic (exact) mass is 473 g/mol. The predicted molar refractivity (Wildman–Crippen MR) is 138 cm³/mol. The molecule has 2 heterocycles. The lowest BCUT2D eigenvalue weighted by atomic mass is 9.73. The second kappa shape index (κ2) is 9.50. The zero-order valence-electron chi connectivity index (χ0n) is 20.9. The van der Waals surface area contributed by atoms with Crippen molar-refractivity contribution in [3.8, 4) is 0 Å². The quantitative estimate of drug-likeness (QED) is 0.646. The topological polar surface area (TPSA) is 70.7 Å². The van der Waals surface area contributed by atoms with E-state index in [1.807, 2.05) is 24.3 Å². The average Bonchev–Trinajstić information content (AvgIpc) is 3.29. The molecule has 0 bridgehead atoms. The number of fused-ring (bicyclic) bond motifs is 1. The van der Waals surface area contributed by atoms with Crippen LogP contribution >= 0.6 is 0 Å². The number of anilines is 2. The minimum Gasteiger partial charge on any atom is -0.376 e. The molecular formula is C29H35N3O3. The maximum atomic E-state index is 13.7. The number of ether oxygens (including phenoxy) is 1. The molecule has 184 valence electrons. The van der Waals surface area contributed by atoms with Crippen molar-refractivity contribution in [2.24, 2.45) is 5.41 Å². The first kappa shape index (κ1) is 23.6. The van der Waals surface area contributed by atoms with E-state index in [1.165, 1.54) is 0 Å². The van der Waals surface area contributed by atoms with Gasteiger partial charge in [-0.1, -0.05) is 55.8 Å². The van der Waals surface area contributed by atoms with Crippen molar-refractivity contribution in [2.45, 2.75) is 58.6 Å². The minimum absolute atomic E-state index is 0.0694. The Labute approximate surface area is 207 Å². The zero-order valence-corrected chi connectivity index (χ0v) is 20.9. The first-order valence-electron chi connectivity index (χ1n) is 12.6. The molecule has 35 heavy (non-hydrogen) atoms. The van der Waals surface area contributed by atoms with E-state index >= 15 is 0 Å². The van der Waals surface area contributed by atoms with Gasteiger partial charge in [0, 0.05) is 30.8 Å². The smallest absolute Gasteiger partial charge is 0.239 e. The van der Waals surface area contributed by atoms with Crippen LogP contribution < -0.4 is 15.5 Å². The number of hydrogen-bond acceptors (Lipinski definition) is 5. The van der Waals surface area contributed by atoms with Crippen LogP contribution in [-0.4, -0.2) is 37.5 Å². The van der Waals surface area contributed by atoms with Crippen molar-refractivity contribution in [1.29, 1.82) is 0 Å². The van der Waals surface area contributed by atoms with Crippen LogP contribution in [0.4, 0.5) is 11.4 Å². The summed E-state index contributed by atoms with van der Waals surface area (Å²) in [4.78, 5) is 29.0. The van der Waals surface area contributed by atoms with Gasteiger partial charge in [-0.05, 0) is 49.3 Å². The third-order valence-electron chi connectivity index (χ3n) is 7.26. The molecule has 2 aliphatic heterocycles. The van der Waals surface area contributed by atoms with Crippen LogP contribution in [0.2, 0.25) is 0 Å². The largest absolute Gasteiger partial charge is 0.376 e. The Balaban J connectivity index is 1.57. The Hall–Kier alpha value is -3.12. The van der Waals surface area contributed by atoms with Crippen molar-refractivity contribution >= 4 is 23.1 Å². The number of nitrogens with zero attached hydrogens (tertiary/aromatic N) is 1. The third kappa shape index (κ3) is 4.98. The number of Topliss-reactive ketones (excluding diaryl/α,β-unsaturated/α-hetero) is 1. The van der Waals surface area contributed by atoms with Gasteiger partial charge >= 0.3 is 0 Å². The molecule has 0 saturated carbocycles. The number of hydrogen-bond donors (Lipinski definition) is 2. The van der Waals surface area contributed by atoms with Crippen LogP contribution in [0.25, 0.3) is 0 Å². The molecule has 5 rings (SSSR count). The number of benzene rings is 2. The molecule has 1 saturated heterocycles. The summed E-state index contributed by atoms with van der Waals surface area (Å²) in [6.45, 7) is 7.77. The van der Waals surface area contributed by atoms with Gasteiger partial charge in [-0.15, -0.1) is 0 Å². The molecule has 0 radical (unpaired) electrons. The van der Waals surface area contributed by atoms with E-state index in [1.54, 1.807) is 0 Å². The number of ketones is 1. The summed E-state index contributed by atoms with van der Waals surface area (Å²) in [5.41, 5.74) is 5.64. The van der Waals surface area contributed by atoms with Crippen molar-refractivity contribution in [2.75, 3.05) is 29.9 Å². The first-order chi connectivity index (χ1) is 16.8. The lowest BCUT2D eigenvalue weighted by Crippen LogP contribution is -2.43. The van der Waals surface area contributed by atoms with Crippen LogP contribution in [0.1, 0.15) is 56.7 Å². The Bertz CT molecular complexity index is 1150. The zero-order chi connectivity index (χ0) is 24.6. The van der Waals surface area contributed by atoms with Crippen LogP contribution in [0.5, 0.6) is 0 Å². The van der Waals surface area contributed by atoms with E-state index in [2.05, 4.69) is 60.6 Å². The van der Waals surface area contributed by atoms with E-state index in [-0.39, 0.29) is 35.8 Å². The number of carbonyl (C=O) groups is 2. The van der Waals surface area contributed by atoms with E-state index in [9.17, 15) is 9.59 Å². The number of allylic oxidation sites excluding steroid dienone is 1. The molecule has 2 aromatic carbocycles. The first-order valence-corrected chi connectivity index (χ1v) is 12.6. The fraction of sp³-hybridized carbons (Fsp3) is 0.448. The number of amides is 1. The van der Waals surface area contributed by atoms with Gasteiger partial charge in [0.2, 0.25) is 5.91 Å². The normalized spacial score (nSPS) is 23.3. The SMILES string of the molecule is Cc1ccc(C2C3=C(CC(C)(C)CC3=O)Nc3ccccc3N2CC(=O)NCC2CCCO2)cc1. The van der Waals surface area contributed by atoms with Crippen LogP contribution in [0.3, 0.4) is 0 Å². The van der Waals surface area contributed by atoms with Gasteiger partial charge in [-0.2, -0.15) is 0 Å². The molecule has 1 amide bonds. The van der Waals surface area contributed by atoms with E-state index < -0.39 is 0 Å². The Morgan fingerprint density at radius 2 is 1.91 bits per heavy atom. The van der Waals surface area contributed by atoms with Gasteiger partial charge in [-0.25, -0.2) is 0 Å². The molecule has 2 atom stereocenters. The summed E-state index contributed by atoms with van der Waals surface area (Å²) in [6, 6.07) is 16.0. The molecule has 1 fully saturated rings. The highest BCUT2D eigenvalue weighted by Crippen LogP contribution is 2.48. The molecule has 6 nitrogen and oxygen atoms in total. The van der Waals surface area contributed by atoms with Gasteiger partial charge in [-0.3, -0.25) is 9.59 Å². The molecule has 2 unspecified atom stereocenters. The number of para-hydroxylation sites is 2. The lowest BCUT2D eigenvalue weighted by Gasteiger charge is -2.38. The highest BCUT2D eigenvalue weighted by Gasteiger charge is 2.41. The second-order valence-electron chi connectivity index (χ2n) is 10.9. The summed E-state index contributed by atoms with van der Waals surface area (Å²) in [6.07, 6.45) is 3.37. The molecule has 2 aromatic rings. The van der Waals surface area contributed by atoms with Gasteiger partial charge in [0.1, 0.15) is 0 Å². The Kier molecular flexibility index (Phi) is 6.41. The molecule has 3 aliphatic rings. The summed E-state index contributed by atoms with van der Waals surface area (Å²) in [7, 11) is 0. The number of aryl methyl sites for hydroxylation is 1. The lowest BCUT2D eigenvalue weighted by molar-refractivity contribution is -0.121. The van der Waals surface area contributed by atoms with Crippen molar-refractivity contribution in [1.82, 2.24) is 5.32 Å². The minimum atomic E-state index is -0.348. The molecule has 0 aromatic heterocycles. The van der Waals surface area contributed by atoms with Gasteiger partial charge in [0.25, 0.3) is 0 Å². The van der Waals surface area contributed by atoms with Gasteiger partial charge in [0.15, 0.2) is 5.78 Å². The molecule has 0 spiro atoms. The fourth-order valence-corrected chi connectivity index (χ4v) is 5.57. The highest BCUT2D eigenvalue weighted by molar-refractivity contribution is 6.01.